The summed E-state index contributed by atoms with van der Waals surface area (Å²) in [6, 6.07) is 12.5. The lowest BCUT2D eigenvalue weighted by molar-refractivity contribution is 0.0245. The van der Waals surface area contributed by atoms with Crippen molar-refractivity contribution in [1.29, 1.82) is 0 Å². The zero-order valence-corrected chi connectivity index (χ0v) is 12.1. The van der Waals surface area contributed by atoms with E-state index in [9.17, 15) is 0 Å². The number of nitrogens with zero attached hydrogens (tertiary/aromatic N) is 3. The van der Waals surface area contributed by atoms with Crippen molar-refractivity contribution < 1.29 is 4.74 Å². The molecule has 3 rings (SSSR count). The summed E-state index contributed by atoms with van der Waals surface area (Å²) in [5, 5.41) is 1.19. The van der Waals surface area contributed by atoms with Crippen molar-refractivity contribution in [2.45, 2.75) is 6.10 Å². The summed E-state index contributed by atoms with van der Waals surface area (Å²) in [6.45, 7) is 3.54. The van der Waals surface area contributed by atoms with Gasteiger partial charge in [-0.05, 0) is 32.3 Å². The summed E-state index contributed by atoms with van der Waals surface area (Å²) in [5.41, 5.74) is 1.06. The Morgan fingerprint density at radius 1 is 1.25 bits per heavy atom. The van der Waals surface area contributed by atoms with Crippen LogP contribution in [0.25, 0.3) is 10.9 Å². The van der Waals surface area contributed by atoms with Crippen LogP contribution in [-0.4, -0.2) is 56.3 Å². The van der Waals surface area contributed by atoms with E-state index >= 15 is 0 Å². The lowest BCUT2D eigenvalue weighted by atomic mass is 10.2. The first-order chi connectivity index (χ1) is 9.72. The average molecular weight is 271 g/mol. The smallest absolute Gasteiger partial charge is 0.129 e. The molecule has 0 bridgehead atoms. The minimum atomic E-state index is 0.257. The SMILES string of the molecule is CN(C)CC1CN(c2ccc3ccccc3n2)CCO1. The lowest BCUT2D eigenvalue weighted by Gasteiger charge is -2.35. The molecule has 4 nitrogen and oxygen atoms in total. The zero-order chi connectivity index (χ0) is 13.9. The molecule has 4 heteroatoms. The Morgan fingerprint density at radius 3 is 2.95 bits per heavy atom. The first kappa shape index (κ1) is 13.3. The van der Waals surface area contributed by atoms with Gasteiger partial charge in [0.25, 0.3) is 0 Å². The highest BCUT2D eigenvalue weighted by molar-refractivity contribution is 5.80. The predicted molar refractivity (Wildman–Crippen MR) is 82.3 cm³/mol. The van der Waals surface area contributed by atoms with E-state index in [1.165, 1.54) is 5.39 Å². The van der Waals surface area contributed by atoms with Crippen LogP contribution >= 0.6 is 0 Å². The molecule has 0 radical (unpaired) electrons. The fraction of sp³-hybridized carbons (Fsp3) is 0.438. The van der Waals surface area contributed by atoms with Crippen LogP contribution in [0.1, 0.15) is 0 Å². The summed E-state index contributed by atoms with van der Waals surface area (Å²) >= 11 is 0. The van der Waals surface area contributed by atoms with E-state index in [1.807, 2.05) is 12.1 Å². The molecule has 0 amide bonds. The van der Waals surface area contributed by atoms with Crippen molar-refractivity contribution in [3.05, 3.63) is 36.4 Å². The maximum atomic E-state index is 5.82. The van der Waals surface area contributed by atoms with Crippen LogP contribution in [0, 0.1) is 0 Å². The number of ether oxygens (including phenoxy) is 1. The fourth-order valence-corrected chi connectivity index (χ4v) is 2.68. The van der Waals surface area contributed by atoms with E-state index in [1.54, 1.807) is 0 Å². The molecule has 20 heavy (non-hydrogen) atoms. The zero-order valence-electron chi connectivity index (χ0n) is 12.1. The van der Waals surface area contributed by atoms with Gasteiger partial charge in [-0.3, -0.25) is 0 Å². The Bertz CT molecular complexity index is 585. The molecule has 2 aromatic rings. The molecule has 1 atom stereocenters. The van der Waals surface area contributed by atoms with Crippen molar-refractivity contribution in [3.63, 3.8) is 0 Å². The Labute approximate surface area is 120 Å². The maximum absolute atomic E-state index is 5.82. The van der Waals surface area contributed by atoms with Gasteiger partial charge < -0.3 is 14.5 Å². The fourth-order valence-electron chi connectivity index (χ4n) is 2.68. The summed E-state index contributed by atoms with van der Waals surface area (Å²) in [5.74, 6) is 1.05. The van der Waals surface area contributed by atoms with Crippen LogP contribution < -0.4 is 4.90 Å². The summed E-state index contributed by atoms with van der Waals surface area (Å²) in [4.78, 5) is 9.26. The molecule has 1 aliphatic heterocycles. The third-order valence-electron chi connectivity index (χ3n) is 3.62. The normalized spacial score (nSPS) is 19.8. The Balaban J connectivity index is 1.79. The number of rotatable bonds is 3. The molecular weight excluding hydrogens is 250 g/mol. The number of para-hydroxylation sites is 1. The Kier molecular flexibility index (Phi) is 3.85. The number of pyridine rings is 1. The van der Waals surface area contributed by atoms with Gasteiger partial charge in [0.1, 0.15) is 5.82 Å². The molecule has 0 aliphatic carbocycles. The van der Waals surface area contributed by atoms with Crippen LogP contribution in [0.2, 0.25) is 0 Å². The van der Waals surface area contributed by atoms with Crippen molar-refractivity contribution in [3.8, 4) is 0 Å². The third-order valence-corrected chi connectivity index (χ3v) is 3.62. The number of hydrogen-bond donors (Lipinski definition) is 0. The molecule has 1 aliphatic rings. The van der Waals surface area contributed by atoms with Crippen molar-refractivity contribution in [1.82, 2.24) is 9.88 Å². The van der Waals surface area contributed by atoms with Crippen molar-refractivity contribution >= 4 is 16.7 Å². The minimum absolute atomic E-state index is 0.257. The lowest BCUT2D eigenvalue weighted by Crippen LogP contribution is -2.46. The molecule has 106 valence electrons. The number of anilines is 1. The van der Waals surface area contributed by atoms with Crippen LogP contribution in [0.3, 0.4) is 0 Å². The topological polar surface area (TPSA) is 28.6 Å². The predicted octanol–water partition coefficient (Wildman–Crippen LogP) is 2.00. The molecular formula is C16H21N3O. The van der Waals surface area contributed by atoms with E-state index in [0.717, 1.165) is 37.6 Å². The van der Waals surface area contributed by atoms with Gasteiger partial charge in [-0.15, -0.1) is 0 Å². The van der Waals surface area contributed by atoms with E-state index in [2.05, 4.69) is 48.2 Å². The molecule has 1 unspecified atom stereocenters. The summed E-state index contributed by atoms with van der Waals surface area (Å²) in [6.07, 6.45) is 0.257. The number of benzene rings is 1. The monoisotopic (exact) mass is 271 g/mol. The van der Waals surface area contributed by atoms with Crippen LogP contribution in [-0.2, 0) is 4.74 Å². The van der Waals surface area contributed by atoms with Crippen LogP contribution in [0.15, 0.2) is 36.4 Å². The minimum Gasteiger partial charge on any atom is -0.373 e. The average Bonchev–Trinajstić information content (AvgIpc) is 2.46. The molecule has 0 spiro atoms. The maximum Gasteiger partial charge on any atom is 0.129 e. The Hall–Kier alpha value is -1.65. The standard InChI is InChI=1S/C16H21N3O/c1-18(2)11-14-12-19(9-10-20-14)16-8-7-13-5-3-4-6-15(13)17-16/h3-8,14H,9-12H2,1-2H3. The van der Waals surface area contributed by atoms with E-state index in [4.69, 9.17) is 9.72 Å². The largest absolute Gasteiger partial charge is 0.373 e. The number of aromatic nitrogens is 1. The molecule has 0 N–H and O–H groups in total. The van der Waals surface area contributed by atoms with Gasteiger partial charge in [-0.2, -0.15) is 0 Å². The molecule has 0 saturated carbocycles. The van der Waals surface area contributed by atoms with Gasteiger partial charge >= 0.3 is 0 Å². The molecule has 1 saturated heterocycles. The van der Waals surface area contributed by atoms with Crippen LogP contribution in [0.5, 0.6) is 0 Å². The Morgan fingerprint density at radius 2 is 2.10 bits per heavy atom. The third kappa shape index (κ3) is 2.92. The highest BCUT2D eigenvalue weighted by atomic mass is 16.5. The van der Waals surface area contributed by atoms with E-state index < -0.39 is 0 Å². The van der Waals surface area contributed by atoms with Gasteiger partial charge in [-0.1, -0.05) is 18.2 Å². The second kappa shape index (κ2) is 5.77. The van der Waals surface area contributed by atoms with Crippen LogP contribution in [0.4, 0.5) is 5.82 Å². The van der Waals surface area contributed by atoms with Gasteiger partial charge in [0.05, 0.1) is 18.2 Å². The highest BCUT2D eigenvalue weighted by Crippen LogP contribution is 2.20. The summed E-state index contributed by atoms with van der Waals surface area (Å²) < 4.78 is 5.82. The van der Waals surface area contributed by atoms with E-state index in [-0.39, 0.29) is 6.10 Å². The molecule has 2 heterocycles. The number of morpholine rings is 1. The second-order valence-electron chi connectivity index (χ2n) is 5.56. The van der Waals surface area contributed by atoms with Crippen molar-refractivity contribution in [2.75, 3.05) is 45.2 Å². The van der Waals surface area contributed by atoms with Gasteiger partial charge in [0, 0.05) is 25.0 Å². The summed E-state index contributed by atoms with van der Waals surface area (Å²) in [7, 11) is 4.16. The first-order valence-corrected chi connectivity index (χ1v) is 7.09. The van der Waals surface area contributed by atoms with Gasteiger partial charge in [-0.25, -0.2) is 4.98 Å². The second-order valence-corrected chi connectivity index (χ2v) is 5.56. The first-order valence-electron chi connectivity index (χ1n) is 7.09. The van der Waals surface area contributed by atoms with Gasteiger partial charge in [0.15, 0.2) is 0 Å². The molecule has 1 fully saturated rings. The highest BCUT2D eigenvalue weighted by Gasteiger charge is 2.21. The van der Waals surface area contributed by atoms with E-state index in [0.29, 0.717) is 0 Å². The van der Waals surface area contributed by atoms with Gasteiger partial charge in [0.2, 0.25) is 0 Å². The van der Waals surface area contributed by atoms with Crippen molar-refractivity contribution in [2.24, 2.45) is 0 Å². The number of hydrogen-bond acceptors (Lipinski definition) is 4. The number of likely N-dealkylation sites (N-methyl/N-ethyl adjacent to an activating group) is 1. The number of fused-ring (bicyclic) bond motifs is 1. The molecule has 1 aromatic heterocycles. The quantitative estimate of drug-likeness (QED) is 0.854. The molecule has 1 aromatic carbocycles.